The Morgan fingerprint density at radius 1 is 1.05 bits per heavy atom. The third-order valence-electron chi connectivity index (χ3n) is 2.96. The van der Waals surface area contributed by atoms with Crippen LogP contribution < -0.4 is 4.90 Å². The standard InChI is InChI=1S/C14H11F2N5O/c1-21(10-5-3-2-4-6-10)14-17-7-9(8-18-14)12-19-20-13(22-12)11(15)16/h2-8,11H,1H3. The topological polar surface area (TPSA) is 67.9 Å². The van der Waals surface area contributed by atoms with Crippen molar-refractivity contribution in [3.8, 4) is 11.5 Å². The Balaban J connectivity index is 1.83. The molecule has 0 saturated heterocycles. The van der Waals surface area contributed by atoms with E-state index in [1.807, 2.05) is 37.4 Å². The lowest BCUT2D eigenvalue weighted by molar-refractivity contribution is 0.116. The summed E-state index contributed by atoms with van der Waals surface area (Å²) in [6, 6.07) is 9.57. The van der Waals surface area contributed by atoms with E-state index in [1.54, 1.807) is 4.90 Å². The van der Waals surface area contributed by atoms with Crippen LogP contribution in [-0.4, -0.2) is 27.2 Å². The van der Waals surface area contributed by atoms with E-state index in [0.717, 1.165) is 5.69 Å². The van der Waals surface area contributed by atoms with E-state index in [-0.39, 0.29) is 5.89 Å². The van der Waals surface area contributed by atoms with Crippen LogP contribution in [0.4, 0.5) is 20.4 Å². The van der Waals surface area contributed by atoms with Crippen LogP contribution in [0.3, 0.4) is 0 Å². The third-order valence-corrected chi connectivity index (χ3v) is 2.96. The highest BCUT2D eigenvalue weighted by Crippen LogP contribution is 2.24. The summed E-state index contributed by atoms with van der Waals surface area (Å²) in [6.45, 7) is 0. The van der Waals surface area contributed by atoms with E-state index in [2.05, 4.69) is 20.2 Å². The van der Waals surface area contributed by atoms with Gasteiger partial charge < -0.3 is 9.32 Å². The molecule has 0 saturated carbocycles. The zero-order chi connectivity index (χ0) is 15.5. The largest absolute Gasteiger partial charge is 0.415 e. The predicted molar refractivity (Wildman–Crippen MR) is 74.8 cm³/mol. The van der Waals surface area contributed by atoms with Gasteiger partial charge in [-0.25, -0.2) is 9.97 Å². The summed E-state index contributed by atoms with van der Waals surface area (Å²) in [5, 5.41) is 6.81. The average Bonchev–Trinajstić information content (AvgIpc) is 3.05. The Morgan fingerprint density at radius 3 is 2.32 bits per heavy atom. The van der Waals surface area contributed by atoms with E-state index in [4.69, 9.17) is 4.42 Å². The number of alkyl halides is 2. The van der Waals surface area contributed by atoms with Crippen LogP contribution in [0.1, 0.15) is 12.3 Å². The maximum Gasteiger partial charge on any atom is 0.314 e. The van der Waals surface area contributed by atoms with Crippen LogP contribution in [0.2, 0.25) is 0 Å². The summed E-state index contributed by atoms with van der Waals surface area (Å²) >= 11 is 0. The minimum atomic E-state index is -2.80. The van der Waals surface area contributed by atoms with Gasteiger partial charge in [-0.3, -0.25) is 0 Å². The monoisotopic (exact) mass is 303 g/mol. The fraction of sp³-hybridized carbons (Fsp3) is 0.143. The molecule has 0 unspecified atom stereocenters. The van der Waals surface area contributed by atoms with Crippen LogP contribution in [0.25, 0.3) is 11.5 Å². The summed E-state index contributed by atoms with van der Waals surface area (Å²) in [5.74, 6) is -0.298. The van der Waals surface area contributed by atoms with Gasteiger partial charge in [-0.15, -0.1) is 10.2 Å². The van der Waals surface area contributed by atoms with E-state index in [0.29, 0.717) is 11.5 Å². The summed E-state index contributed by atoms with van der Waals surface area (Å²) in [5.41, 5.74) is 1.30. The first-order chi connectivity index (χ1) is 10.6. The van der Waals surface area contributed by atoms with Crippen molar-refractivity contribution >= 4 is 11.6 Å². The molecule has 0 aliphatic heterocycles. The van der Waals surface area contributed by atoms with Crippen LogP contribution in [0.5, 0.6) is 0 Å². The van der Waals surface area contributed by atoms with Crippen LogP contribution in [0, 0.1) is 0 Å². The molecule has 3 aromatic rings. The second-order valence-electron chi connectivity index (χ2n) is 4.41. The lowest BCUT2D eigenvalue weighted by Crippen LogP contribution is -2.12. The van der Waals surface area contributed by atoms with Gasteiger partial charge in [0.2, 0.25) is 5.95 Å². The van der Waals surface area contributed by atoms with Gasteiger partial charge in [-0.2, -0.15) is 8.78 Å². The Kier molecular flexibility index (Phi) is 3.73. The van der Waals surface area contributed by atoms with Crippen molar-refractivity contribution in [3.05, 3.63) is 48.6 Å². The van der Waals surface area contributed by atoms with Crippen molar-refractivity contribution in [3.63, 3.8) is 0 Å². The van der Waals surface area contributed by atoms with Gasteiger partial charge in [0.25, 0.3) is 11.8 Å². The van der Waals surface area contributed by atoms with Gasteiger partial charge >= 0.3 is 6.43 Å². The molecule has 0 N–H and O–H groups in total. The fourth-order valence-electron chi connectivity index (χ4n) is 1.81. The highest BCUT2D eigenvalue weighted by molar-refractivity contribution is 5.57. The zero-order valence-corrected chi connectivity index (χ0v) is 11.5. The molecule has 22 heavy (non-hydrogen) atoms. The molecule has 2 aromatic heterocycles. The Bertz CT molecular complexity index is 745. The fourth-order valence-corrected chi connectivity index (χ4v) is 1.81. The van der Waals surface area contributed by atoms with Crippen molar-refractivity contribution in [2.75, 3.05) is 11.9 Å². The Hall–Kier alpha value is -2.90. The minimum Gasteiger partial charge on any atom is -0.415 e. The maximum atomic E-state index is 12.4. The number of rotatable bonds is 4. The molecule has 3 rings (SSSR count). The molecule has 0 atom stereocenters. The molecular weight excluding hydrogens is 292 g/mol. The average molecular weight is 303 g/mol. The van der Waals surface area contributed by atoms with Crippen molar-refractivity contribution in [2.24, 2.45) is 0 Å². The first-order valence-corrected chi connectivity index (χ1v) is 6.38. The van der Waals surface area contributed by atoms with Gasteiger partial charge in [0.1, 0.15) is 0 Å². The highest BCUT2D eigenvalue weighted by atomic mass is 19.3. The molecule has 1 aromatic carbocycles. The Labute approximate surface area is 124 Å². The van der Waals surface area contributed by atoms with Crippen LogP contribution in [-0.2, 0) is 0 Å². The third kappa shape index (κ3) is 2.76. The zero-order valence-electron chi connectivity index (χ0n) is 11.5. The SMILES string of the molecule is CN(c1ccccc1)c1ncc(-c2nnc(C(F)F)o2)cn1. The van der Waals surface area contributed by atoms with Crippen molar-refractivity contribution in [2.45, 2.75) is 6.43 Å². The first kappa shape index (κ1) is 14.1. The van der Waals surface area contributed by atoms with E-state index in [1.165, 1.54) is 12.4 Å². The number of hydrogen-bond donors (Lipinski definition) is 0. The number of benzene rings is 1. The number of para-hydroxylation sites is 1. The lowest BCUT2D eigenvalue weighted by Gasteiger charge is -2.16. The molecule has 0 fully saturated rings. The van der Waals surface area contributed by atoms with E-state index in [9.17, 15) is 8.78 Å². The van der Waals surface area contributed by atoms with E-state index < -0.39 is 12.3 Å². The molecule has 0 amide bonds. The summed E-state index contributed by atoms with van der Waals surface area (Å²) in [4.78, 5) is 10.2. The number of nitrogens with zero attached hydrogens (tertiary/aromatic N) is 5. The molecule has 0 spiro atoms. The van der Waals surface area contributed by atoms with Gasteiger partial charge in [0, 0.05) is 25.1 Å². The first-order valence-electron chi connectivity index (χ1n) is 6.38. The number of halogens is 2. The predicted octanol–water partition coefficient (Wildman–Crippen LogP) is 3.23. The van der Waals surface area contributed by atoms with Gasteiger partial charge in [0.15, 0.2) is 0 Å². The summed E-state index contributed by atoms with van der Waals surface area (Å²) in [7, 11) is 1.83. The van der Waals surface area contributed by atoms with Gasteiger partial charge in [-0.1, -0.05) is 18.2 Å². The van der Waals surface area contributed by atoms with Crippen molar-refractivity contribution in [1.29, 1.82) is 0 Å². The lowest BCUT2D eigenvalue weighted by atomic mass is 10.3. The summed E-state index contributed by atoms with van der Waals surface area (Å²) < 4.78 is 29.7. The van der Waals surface area contributed by atoms with Crippen molar-refractivity contribution in [1.82, 2.24) is 20.2 Å². The molecule has 0 bridgehead atoms. The second kappa shape index (κ2) is 5.84. The number of hydrogen-bond acceptors (Lipinski definition) is 6. The van der Waals surface area contributed by atoms with E-state index >= 15 is 0 Å². The molecule has 8 heteroatoms. The maximum absolute atomic E-state index is 12.4. The smallest absolute Gasteiger partial charge is 0.314 e. The number of aromatic nitrogens is 4. The van der Waals surface area contributed by atoms with Crippen LogP contribution >= 0.6 is 0 Å². The molecule has 0 radical (unpaired) electrons. The van der Waals surface area contributed by atoms with Crippen molar-refractivity contribution < 1.29 is 13.2 Å². The van der Waals surface area contributed by atoms with Gasteiger partial charge in [0.05, 0.1) is 5.56 Å². The van der Waals surface area contributed by atoms with Gasteiger partial charge in [-0.05, 0) is 12.1 Å². The number of anilines is 2. The molecule has 112 valence electrons. The highest BCUT2D eigenvalue weighted by Gasteiger charge is 2.17. The Morgan fingerprint density at radius 2 is 1.73 bits per heavy atom. The quantitative estimate of drug-likeness (QED) is 0.737. The summed E-state index contributed by atoms with van der Waals surface area (Å²) in [6.07, 6.45) is 0.0976. The normalized spacial score (nSPS) is 10.9. The molecule has 0 aliphatic carbocycles. The molecule has 6 nitrogen and oxygen atoms in total. The molecular formula is C14H11F2N5O. The van der Waals surface area contributed by atoms with Crippen LogP contribution in [0.15, 0.2) is 47.1 Å². The second-order valence-corrected chi connectivity index (χ2v) is 4.41. The minimum absolute atomic E-state index is 0.0378. The molecule has 0 aliphatic rings. The molecule has 2 heterocycles.